The minimum absolute atomic E-state index is 0.157. The van der Waals surface area contributed by atoms with Crippen LogP contribution in [0.15, 0.2) is 76.0 Å². The van der Waals surface area contributed by atoms with Gasteiger partial charge in [-0.1, -0.05) is 24.3 Å². The second-order valence-electron chi connectivity index (χ2n) is 9.16. The molecule has 0 radical (unpaired) electrons. The van der Waals surface area contributed by atoms with Crippen LogP contribution in [0.5, 0.6) is 5.75 Å². The maximum atomic E-state index is 14.3. The van der Waals surface area contributed by atoms with Crippen molar-refractivity contribution in [3.8, 4) is 5.75 Å². The van der Waals surface area contributed by atoms with Crippen molar-refractivity contribution in [3.63, 3.8) is 0 Å². The number of ketones is 1. The number of nitrogens with one attached hydrogen (secondary N) is 1. The summed E-state index contributed by atoms with van der Waals surface area (Å²) < 4.78 is 16.2. The number of dihydropyridines is 1. The van der Waals surface area contributed by atoms with Gasteiger partial charge in [0.05, 0.1) is 25.9 Å². The standard InChI is InChI=1S/C30H33NO6S/c1-6-36-29(33)24-17(3)31-23-16-22(19-9-8-10-20(15-19)35-4)26(30(34)37-7-2)28(32)27(23)25(24)18-11-13-21(38-5)14-12-18/h8-15,22,25-26,31H,6-7,16H2,1-5H3/t22-,25-,26+/m0/s1. The summed E-state index contributed by atoms with van der Waals surface area (Å²) in [6.45, 7) is 5.65. The molecular formula is C30H33NO6S. The average molecular weight is 536 g/mol. The fourth-order valence-electron chi connectivity index (χ4n) is 5.33. The van der Waals surface area contributed by atoms with E-state index < -0.39 is 29.7 Å². The van der Waals surface area contributed by atoms with E-state index >= 15 is 0 Å². The van der Waals surface area contributed by atoms with Crippen LogP contribution in [0.3, 0.4) is 0 Å². The first-order valence-electron chi connectivity index (χ1n) is 12.7. The summed E-state index contributed by atoms with van der Waals surface area (Å²) in [7, 11) is 1.58. The maximum absolute atomic E-state index is 14.3. The molecule has 4 rings (SSSR count). The summed E-state index contributed by atoms with van der Waals surface area (Å²) in [5, 5.41) is 3.33. The minimum atomic E-state index is -1.06. The molecule has 2 aromatic rings. The zero-order chi connectivity index (χ0) is 27.4. The molecule has 1 aliphatic heterocycles. The van der Waals surface area contributed by atoms with Crippen LogP contribution in [0.25, 0.3) is 0 Å². The van der Waals surface area contributed by atoms with Gasteiger partial charge in [0.1, 0.15) is 11.7 Å². The number of carbonyl (C=O) groups is 3. The van der Waals surface area contributed by atoms with E-state index in [4.69, 9.17) is 14.2 Å². The number of benzene rings is 2. The fraction of sp³-hybridized carbons (Fsp3) is 0.367. The van der Waals surface area contributed by atoms with Crippen LogP contribution in [-0.2, 0) is 23.9 Å². The van der Waals surface area contributed by atoms with Crippen LogP contribution in [0.1, 0.15) is 50.2 Å². The Labute approximate surface area is 227 Å². The number of methoxy groups -OCH3 is 1. The lowest BCUT2D eigenvalue weighted by molar-refractivity contribution is -0.152. The topological polar surface area (TPSA) is 90.9 Å². The van der Waals surface area contributed by atoms with E-state index in [1.165, 1.54) is 0 Å². The Morgan fingerprint density at radius 1 is 1.03 bits per heavy atom. The molecule has 7 nitrogen and oxygen atoms in total. The van der Waals surface area contributed by atoms with Crippen LogP contribution in [0.4, 0.5) is 0 Å². The largest absolute Gasteiger partial charge is 0.497 e. The summed E-state index contributed by atoms with van der Waals surface area (Å²) >= 11 is 1.61. The Kier molecular flexibility index (Phi) is 8.62. The molecule has 0 bridgehead atoms. The number of esters is 2. The predicted octanol–water partition coefficient (Wildman–Crippen LogP) is 5.13. The Hall–Kier alpha value is -3.52. The summed E-state index contributed by atoms with van der Waals surface area (Å²) in [6, 6.07) is 15.2. The lowest BCUT2D eigenvalue weighted by Crippen LogP contribution is -2.43. The molecular weight excluding hydrogens is 502 g/mol. The molecule has 0 aromatic heterocycles. The monoisotopic (exact) mass is 535 g/mol. The molecule has 1 aliphatic carbocycles. The van der Waals surface area contributed by atoms with Crippen LogP contribution in [-0.4, -0.2) is 44.3 Å². The zero-order valence-electron chi connectivity index (χ0n) is 22.3. The van der Waals surface area contributed by atoms with Crippen molar-refractivity contribution in [2.24, 2.45) is 5.92 Å². The summed E-state index contributed by atoms with van der Waals surface area (Å²) in [6.07, 6.45) is 2.38. The number of allylic oxidation sites excluding steroid dienone is 3. The summed E-state index contributed by atoms with van der Waals surface area (Å²) in [5.41, 5.74) is 3.71. The molecule has 1 N–H and O–H groups in total. The number of hydrogen-bond donors (Lipinski definition) is 1. The van der Waals surface area contributed by atoms with Crippen molar-refractivity contribution < 1.29 is 28.6 Å². The van der Waals surface area contributed by atoms with Crippen molar-refractivity contribution >= 4 is 29.5 Å². The van der Waals surface area contributed by atoms with Crippen LogP contribution < -0.4 is 10.1 Å². The molecule has 0 saturated heterocycles. The van der Waals surface area contributed by atoms with Gasteiger partial charge in [0.15, 0.2) is 5.78 Å². The second kappa shape index (κ2) is 11.9. The van der Waals surface area contributed by atoms with Gasteiger partial charge in [-0.05, 0) is 68.8 Å². The third-order valence-electron chi connectivity index (χ3n) is 7.03. The first kappa shape index (κ1) is 27.5. The number of hydrogen-bond acceptors (Lipinski definition) is 8. The van der Waals surface area contributed by atoms with Gasteiger partial charge in [0.25, 0.3) is 0 Å². The molecule has 0 saturated carbocycles. The normalized spacial score (nSPS) is 21.0. The SMILES string of the molecule is CCOC(=O)C1=C(C)NC2=C(C(=O)[C@H](C(=O)OCC)[C@H](c3cccc(OC)c3)C2)[C@H]1c1ccc(SC)cc1. The molecule has 2 aliphatic rings. The molecule has 38 heavy (non-hydrogen) atoms. The number of carbonyl (C=O) groups excluding carboxylic acids is 3. The maximum Gasteiger partial charge on any atom is 0.336 e. The van der Waals surface area contributed by atoms with Gasteiger partial charge in [-0.15, -0.1) is 11.8 Å². The predicted molar refractivity (Wildman–Crippen MR) is 146 cm³/mol. The first-order valence-corrected chi connectivity index (χ1v) is 13.9. The van der Waals surface area contributed by atoms with E-state index in [0.29, 0.717) is 34.7 Å². The highest BCUT2D eigenvalue weighted by Crippen LogP contribution is 2.48. The van der Waals surface area contributed by atoms with Gasteiger partial charge in [-0.3, -0.25) is 9.59 Å². The Bertz CT molecular complexity index is 1300. The molecule has 0 unspecified atom stereocenters. The Morgan fingerprint density at radius 3 is 2.37 bits per heavy atom. The van der Waals surface area contributed by atoms with Gasteiger partial charge in [-0.2, -0.15) is 0 Å². The smallest absolute Gasteiger partial charge is 0.336 e. The third kappa shape index (κ3) is 5.23. The summed E-state index contributed by atoms with van der Waals surface area (Å²) in [5.74, 6) is -2.95. The minimum Gasteiger partial charge on any atom is -0.497 e. The van der Waals surface area contributed by atoms with E-state index in [1.807, 2.05) is 61.7 Å². The van der Waals surface area contributed by atoms with Gasteiger partial charge in [-0.25, -0.2) is 4.79 Å². The van der Waals surface area contributed by atoms with Crippen molar-refractivity contribution in [1.29, 1.82) is 0 Å². The Balaban J connectivity index is 1.89. The lowest BCUT2D eigenvalue weighted by atomic mass is 9.67. The third-order valence-corrected chi connectivity index (χ3v) is 7.77. The van der Waals surface area contributed by atoms with Crippen molar-refractivity contribution in [2.45, 2.75) is 43.9 Å². The molecule has 0 amide bonds. The molecule has 1 heterocycles. The Morgan fingerprint density at radius 2 is 1.74 bits per heavy atom. The van der Waals surface area contributed by atoms with E-state index in [-0.39, 0.29) is 19.0 Å². The highest BCUT2D eigenvalue weighted by atomic mass is 32.2. The van der Waals surface area contributed by atoms with Crippen LogP contribution in [0.2, 0.25) is 0 Å². The quantitative estimate of drug-likeness (QED) is 0.283. The number of ether oxygens (including phenoxy) is 3. The van der Waals surface area contributed by atoms with Crippen molar-refractivity contribution in [1.82, 2.24) is 5.32 Å². The van der Waals surface area contributed by atoms with E-state index in [0.717, 1.165) is 16.0 Å². The number of rotatable bonds is 8. The van der Waals surface area contributed by atoms with Crippen LogP contribution in [0, 0.1) is 5.92 Å². The highest BCUT2D eigenvalue weighted by Gasteiger charge is 2.49. The fourth-order valence-corrected chi connectivity index (χ4v) is 5.74. The highest BCUT2D eigenvalue weighted by molar-refractivity contribution is 7.98. The molecule has 2 aromatic carbocycles. The van der Waals surface area contributed by atoms with Gasteiger partial charge < -0.3 is 19.5 Å². The van der Waals surface area contributed by atoms with Crippen molar-refractivity contribution in [2.75, 3.05) is 26.6 Å². The average Bonchev–Trinajstić information content (AvgIpc) is 2.92. The van der Waals surface area contributed by atoms with Gasteiger partial charge in [0.2, 0.25) is 0 Å². The van der Waals surface area contributed by atoms with Crippen LogP contribution >= 0.6 is 11.8 Å². The van der Waals surface area contributed by atoms with Gasteiger partial charge >= 0.3 is 11.9 Å². The zero-order valence-corrected chi connectivity index (χ0v) is 23.1. The molecule has 0 fully saturated rings. The van der Waals surface area contributed by atoms with E-state index in [1.54, 1.807) is 32.7 Å². The van der Waals surface area contributed by atoms with Crippen molar-refractivity contribution in [3.05, 3.63) is 82.2 Å². The lowest BCUT2D eigenvalue weighted by Gasteiger charge is -2.39. The number of thioether (sulfide) groups is 1. The summed E-state index contributed by atoms with van der Waals surface area (Å²) in [4.78, 5) is 41.9. The molecule has 200 valence electrons. The van der Waals surface area contributed by atoms with Gasteiger partial charge in [0, 0.05) is 33.7 Å². The number of Topliss-reactive ketones (excluding diaryl/α,β-unsaturated/α-hetero) is 1. The second-order valence-corrected chi connectivity index (χ2v) is 10.0. The van der Waals surface area contributed by atoms with E-state index in [9.17, 15) is 14.4 Å². The molecule has 8 heteroatoms. The van der Waals surface area contributed by atoms with E-state index in [2.05, 4.69) is 5.32 Å². The molecule has 3 atom stereocenters. The molecule has 0 spiro atoms. The first-order chi connectivity index (χ1) is 18.3.